The molecule has 1 atom stereocenters. The van der Waals surface area contributed by atoms with Crippen LogP contribution in [0.1, 0.15) is 36.9 Å². The topological polar surface area (TPSA) is 96.4 Å². The molecule has 34 heavy (non-hydrogen) atoms. The van der Waals surface area contributed by atoms with E-state index < -0.39 is 0 Å². The van der Waals surface area contributed by atoms with Crippen LogP contribution in [-0.4, -0.2) is 46.0 Å². The van der Waals surface area contributed by atoms with Gasteiger partial charge in [0.2, 0.25) is 5.91 Å². The van der Waals surface area contributed by atoms with Gasteiger partial charge < -0.3 is 20.5 Å². The largest absolute Gasteiger partial charge is 0.495 e. The summed E-state index contributed by atoms with van der Waals surface area (Å²) in [6.45, 7) is 0.677. The number of hydrogen-bond acceptors (Lipinski definition) is 7. The highest BCUT2D eigenvalue weighted by Gasteiger charge is 2.27. The Morgan fingerprint density at radius 3 is 2.91 bits per heavy atom. The van der Waals surface area contributed by atoms with Crippen LogP contribution in [0, 0.1) is 5.92 Å². The van der Waals surface area contributed by atoms with Gasteiger partial charge in [-0.05, 0) is 67.9 Å². The van der Waals surface area contributed by atoms with E-state index in [1.807, 2.05) is 30.3 Å². The van der Waals surface area contributed by atoms with Crippen molar-refractivity contribution in [3.8, 4) is 5.75 Å². The third kappa shape index (κ3) is 5.19. The number of thioether (sulfide) groups is 1. The Morgan fingerprint density at radius 1 is 1.24 bits per heavy atom. The number of fused-ring (bicyclic) bond motifs is 2. The van der Waals surface area contributed by atoms with Crippen molar-refractivity contribution in [2.24, 2.45) is 5.92 Å². The van der Waals surface area contributed by atoms with E-state index in [1.54, 1.807) is 13.3 Å². The second-order valence-electron chi connectivity index (χ2n) is 9.11. The van der Waals surface area contributed by atoms with Crippen molar-refractivity contribution < 1.29 is 14.6 Å². The van der Waals surface area contributed by atoms with Gasteiger partial charge in [0.25, 0.3) is 0 Å². The zero-order valence-corrected chi connectivity index (χ0v) is 20.1. The van der Waals surface area contributed by atoms with E-state index in [1.165, 1.54) is 11.8 Å². The number of pyridine rings is 2. The monoisotopic (exact) mass is 478 g/mol. The molecule has 3 aromatic rings. The van der Waals surface area contributed by atoms with E-state index in [4.69, 9.17) is 4.74 Å². The van der Waals surface area contributed by atoms with Gasteiger partial charge in [-0.2, -0.15) is 0 Å². The molecule has 0 unspecified atom stereocenters. The minimum atomic E-state index is -0.374. The van der Waals surface area contributed by atoms with Crippen LogP contribution in [0.5, 0.6) is 5.75 Å². The Kier molecular flexibility index (Phi) is 6.99. The van der Waals surface area contributed by atoms with Gasteiger partial charge in [-0.1, -0.05) is 12.1 Å². The Balaban J connectivity index is 1.14. The second-order valence-corrected chi connectivity index (χ2v) is 10.1. The van der Waals surface area contributed by atoms with Crippen LogP contribution in [0.25, 0.3) is 10.9 Å². The number of benzene rings is 1. The quantitative estimate of drug-likeness (QED) is 0.473. The fourth-order valence-electron chi connectivity index (χ4n) is 4.93. The summed E-state index contributed by atoms with van der Waals surface area (Å²) in [5, 5.41) is 18.5. The Bertz CT molecular complexity index is 1180. The molecule has 0 spiro atoms. The van der Waals surface area contributed by atoms with Crippen LogP contribution in [0.15, 0.2) is 47.5 Å². The lowest BCUT2D eigenvalue weighted by molar-refractivity contribution is -0.113. The molecule has 1 aromatic carbocycles. The fourth-order valence-corrected chi connectivity index (χ4v) is 5.69. The van der Waals surface area contributed by atoms with Gasteiger partial charge in [0.15, 0.2) is 0 Å². The van der Waals surface area contributed by atoms with Crippen molar-refractivity contribution >= 4 is 34.4 Å². The van der Waals surface area contributed by atoms with Gasteiger partial charge in [0.05, 0.1) is 41.3 Å². The van der Waals surface area contributed by atoms with Crippen LogP contribution in [0.3, 0.4) is 0 Å². The number of carbonyl (C=O) groups excluding carboxylic acids is 1. The molecule has 5 rings (SSSR count). The average Bonchev–Trinajstić information content (AvgIpc) is 2.87. The number of nitrogens with zero attached hydrogens (tertiary/aromatic N) is 2. The minimum Gasteiger partial charge on any atom is -0.495 e. The van der Waals surface area contributed by atoms with E-state index in [2.05, 4.69) is 26.7 Å². The molecular weight excluding hydrogens is 448 g/mol. The number of amides is 1. The molecule has 1 aliphatic heterocycles. The van der Waals surface area contributed by atoms with Crippen LogP contribution in [0.4, 0.5) is 5.82 Å². The van der Waals surface area contributed by atoms with Crippen molar-refractivity contribution in [1.82, 2.24) is 15.3 Å². The Labute approximate surface area is 203 Å². The van der Waals surface area contributed by atoms with Crippen LogP contribution in [-0.2, 0) is 17.8 Å². The summed E-state index contributed by atoms with van der Waals surface area (Å²) >= 11 is 1.53. The van der Waals surface area contributed by atoms with Gasteiger partial charge in [0.1, 0.15) is 11.6 Å². The summed E-state index contributed by atoms with van der Waals surface area (Å²) in [6.07, 6.45) is 6.03. The molecule has 0 saturated heterocycles. The Hall–Kier alpha value is -2.68. The highest BCUT2D eigenvalue weighted by atomic mass is 32.2. The molecule has 3 N–H and O–H groups in total. The van der Waals surface area contributed by atoms with Crippen molar-refractivity contribution in [2.75, 3.05) is 18.2 Å². The first-order valence-electron chi connectivity index (χ1n) is 11.8. The fraction of sp³-hybridized carbons (Fsp3) is 0.423. The van der Waals surface area contributed by atoms with E-state index in [9.17, 15) is 9.90 Å². The van der Waals surface area contributed by atoms with Gasteiger partial charge in [0, 0.05) is 18.0 Å². The van der Waals surface area contributed by atoms with Crippen LogP contribution >= 0.6 is 11.8 Å². The summed E-state index contributed by atoms with van der Waals surface area (Å²) in [5.41, 5.74) is 2.97. The molecule has 1 amide bonds. The standard InChI is InChI=1S/C26H30N4O3S/c1-33-20-12-21-17(3-2-4-22(21)28-14-20)11-23(31)16-5-7-18(8-6-16)27-13-19-9-10-24-26(29-19)30-25(32)15-34-24/h2-4,9-10,12,14,16,18,23,27,31H,5-8,11,13,15H2,1H3,(H,29,30,32)/t16-,18-,23-/m0/s1. The summed E-state index contributed by atoms with van der Waals surface area (Å²) in [7, 11) is 1.64. The molecule has 2 aromatic heterocycles. The van der Waals surface area contributed by atoms with Gasteiger partial charge in [-0.3, -0.25) is 9.78 Å². The molecule has 1 saturated carbocycles. The van der Waals surface area contributed by atoms with Crippen LogP contribution in [0.2, 0.25) is 0 Å². The zero-order chi connectivity index (χ0) is 23.5. The smallest absolute Gasteiger partial charge is 0.235 e. The molecule has 0 radical (unpaired) electrons. The molecule has 7 nitrogen and oxygen atoms in total. The molecule has 2 aliphatic rings. The van der Waals surface area contributed by atoms with E-state index in [0.29, 0.717) is 36.5 Å². The zero-order valence-electron chi connectivity index (χ0n) is 19.3. The minimum absolute atomic E-state index is 0.00545. The molecule has 1 fully saturated rings. The van der Waals surface area contributed by atoms with Gasteiger partial charge >= 0.3 is 0 Å². The third-order valence-corrected chi connectivity index (χ3v) is 7.92. The number of aromatic nitrogens is 2. The lowest BCUT2D eigenvalue weighted by Crippen LogP contribution is -2.36. The molecule has 3 heterocycles. The number of rotatable bonds is 7. The number of ether oxygens (including phenoxy) is 1. The van der Waals surface area contributed by atoms with Crippen molar-refractivity contribution in [3.63, 3.8) is 0 Å². The number of nitrogens with one attached hydrogen (secondary N) is 2. The lowest BCUT2D eigenvalue weighted by Gasteiger charge is -2.32. The number of anilines is 1. The third-order valence-electron chi connectivity index (χ3n) is 6.88. The second kappa shape index (κ2) is 10.3. The molecule has 1 aliphatic carbocycles. The maximum Gasteiger partial charge on any atom is 0.235 e. The van der Waals surface area contributed by atoms with Crippen LogP contribution < -0.4 is 15.4 Å². The summed E-state index contributed by atoms with van der Waals surface area (Å²) < 4.78 is 5.34. The molecule has 8 heteroatoms. The SMILES string of the molecule is COc1cnc2cccc(C[C@H](O)[C@H]3CC[C@H](NCc4ccc5c(n4)NC(=O)CS5)CC3)c2c1. The predicted molar refractivity (Wildman–Crippen MR) is 134 cm³/mol. The molecule has 0 bridgehead atoms. The highest BCUT2D eigenvalue weighted by Crippen LogP contribution is 2.32. The highest BCUT2D eigenvalue weighted by molar-refractivity contribution is 8.00. The predicted octanol–water partition coefficient (Wildman–Crippen LogP) is 3.93. The molecule has 178 valence electrons. The molecular formula is C26H30N4O3S. The lowest BCUT2D eigenvalue weighted by atomic mass is 9.80. The maximum atomic E-state index is 11.6. The maximum absolute atomic E-state index is 11.6. The number of aliphatic hydroxyl groups excluding tert-OH is 1. The first-order valence-corrected chi connectivity index (χ1v) is 12.8. The number of carbonyl (C=O) groups is 1. The summed E-state index contributed by atoms with van der Waals surface area (Å²) in [6, 6.07) is 12.6. The average molecular weight is 479 g/mol. The Morgan fingerprint density at radius 2 is 2.09 bits per heavy atom. The first-order chi connectivity index (χ1) is 16.6. The van der Waals surface area contributed by atoms with E-state index in [0.717, 1.165) is 58.5 Å². The van der Waals surface area contributed by atoms with Gasteiger partial charge in [-0.25, -0.2) is 4.98 Å². The first kappa shape index (κ1) is 23.1. The number of aliphatic hydroxyl groups is 1. The number of methoxy groups -OCH3 is 1. The van der Waals surface area contributed by atoms with E-state index >= 15 is 0 Å². The van der Waals surface area contributed by atoms with Crippen molar-refractivity contribution in [2.45, 2.75) is 55.7 Å². The van der Waals surface area contributed by atoms with Crippen molar-refractivity contribution in [3.05, 3.63) is 53.9 Å². The summed E-state index contributed by atoms with van der Waals surface area (Å²) in [5.74, 6) is 2.16. The van der Waals surface area contributed by atoms with Gasteiger partial charge in [-0.15, -0.1) is 11.8 Å². The summed E-state index contributed by atoms with van der Waals surface area (Å²) in [4.78, 5) is 21.7. The van der Waals surface area contributed by atoms with E-state index in [-0.39, 0.29) is 12.0 Å². The van der Waals surface area contributed by atoms with Crippen molar-refractivity contribution in [1.29, 1.82) is 0 Å². The number of hydrogen-bond donors (Lipinski definition) is 3. The normalized spacial score (nSPS) is 21.1.